The predicted octanol–water partition coefficient (Wildman–Crippen LogP) is 3.31. The molecule has 0 radical (unpaired) electrons. The zero-order valence-corrected chi connectivity index (χ0v) is 13.1. The summed E-state index contributed by atoms with van der Waals surface area (Å²) in [5, 5.41) is 3.79. The lowest BCUT2D eigenvalue weighted by atomic mass is 9.83. The molecule has 0 aromatic heterocycles. The van der Waals surface area contributed by atoms with E-state index < -0.39 is 0 Å². The van der Waals surface area contributed by atoms with Crippen molar-refractivity contribution in [1.82, 2.24) is 5.32 Å². The lowest BCUT2D eigenvalue weighted by molar-refractivity contribution is 0.0372. The van der Waals surface area contributed by atoms with Crippen LogP contribution in [0, 0.1) is 17.8 Å². The summed E-state index contributed by atoms with van der Waals surface area (Å²) in [4.78, 5) is 0. The van der Waals surface area contributed by atoms with Gasteiger partial charge in [-0.3, -0.25) is 0 Å². The molecule has 0 spiro atoms. The molecule has 2 nitrogen and oxygen atoms in total. The topological polar surface area (TPSA) is 21.3 Å². The van der Waals surface area contributed by atoms with Gasteiger partial charge in [0.05, 0.1) is 12.7 Å². The van der Waals surface area contributed by atoms with E-state index in [0.29, 0.717) is 12.1 Å². The third kappa shape index (κ3) is 3.48. The van der Waals surface area contributed by atoms with E-state index in [1.807, 2.05) is 0 Å². The second kappa shape index (κ2) is 6.82. The highest BCUT2D eigenvalue weighted by atomic mass is 32.2. The van der Waals surface area contributed by atoms with Gasteiger partial charge < -0.3 is 10.1 Å². The van der Waals surface area contributed by atoms with Gasteiger partial charge in [0.1, 0.15) is 0 Å². The molecule has 3 fully saturated rings. The third-order valence-electron chi connectivity index (χ3n) is 5.39. The first-order valence-electron chi connectivity index (χ1n) is 8.29. The number of rotatable bonds is 6. The van der Waals surface area contributed by atoms with Crippen LogP contribution in [0.25, 0.3) is 0 Å². The van der Waals surface area contributed by atoms with Crippen molar-refractivity contribution in [3.05, 3.63) is 0 Å². The highest BCUT2D eigenvalue weighted by Gasteiger charge is 2.41. The zero-order chi connectivity index (χ0) is 13.1. The average Bonchev–Trinajstić information content (AvgIpc) is 3.07. The molecule has 5 unspecified atom stereocenters. The molecule has 0 aromatic rings. The van der Waals surface area contributed by atoms with Gasteiger partial charge in [-0.25, -0.2) is 0 Å². The van der Waals surface area contributed by atoms with E-state index in [2.05, 4.69) is 24.0 Å². The lowest BCUT2D eigenvalue weighted by Crippen LogP contribution is -2.46. The minimum Gasteiger partial charge on any atom is -0.375 e. The van der Waals surface area contributed by atoms with Gasteiger partial charge in [0.2, 0.25) is 0 Å². The van der Waals surface area contributed by atoms with Gasteiger partial charge in [-0.05, 0) is 56.4 Å². The third-order valence-corrected chi connectivity index (χ3v) is 6.41. The normalized spacial score (nSPS) is 39.6. The van der Waals surface area contributed by atoms with Gasteiger partial charge in [0.15, 0.2) is 0 Å². The predicted molar refractivity (Wildman–Crippen MR) is 82.7 cm³/mol. The molecule has 1 aliphatic heterocycles. The van der Waals surface area contributed by atoms with Crippen LogP contribution in [0.4, 0.5) is 0 Å². The van der Waals surface area contributed by atoms with Crippen LogP contribution in [0.5, 0.6) is 0 Å². The van der Waals surface area contributed by atoms with Crippen molar-refractivity contribution in [2.45, 2.75) is 57.6 Å². The Labute approximate surface area is 122 Å². The first-order chi connectivity index (χ1) is 9.36. The molecular formula is C16H29NOS. The van der Waals surface area contributed by atoms with Crippen LogP contribution in [0.15, 0.2) is 0 Å². The molecule has 0 aromatic carbocycles. The van der Waals surface area contributed by atoms with E-state index >= 15 is 0 Å². The average molecular weight is 283 g/mol. The van der Waals surface area contributed by atoms with Gasteiger partial charge >= 0.3 is 0 Å². The molecule has 1 saturated heterocycles. The number of thioether (sulfide) groups is 1. The number of fused-ring (bicyclic) bond motifs is 2. The van der Waals surface area contributed by atoms with E-state index in [1.165, 1.54) is 50.0 Å². The van der Waals surface area contributed by atoms with Gasteiger partial charge in [0.25, 0.3) is 0 Å². The standard InChI is InChI=1S/C16H29NOS/c1-2-5-17-15(16-11-19-7-6-18-16)10-14-9-12-3-4-13(14)8-12/h12-17H,2-11H2,1H3. The van der Waals surface area contributed by atoms with E-state index in [4.69, 9.17) is 4.74 Å². The maximum Gasteiger partial charge on any atom is 0.0818 e. The molecule has 5 atom stereocenters. The lowest BCUT2D eigenvalue weighted by Gasteiger charge is -2.34. The first kappa shape index (κ1) is 14.2. The minimum atomic E-state index is 0.462. The zero-order valence-electron chi connectivity index (χ0n) is 12.3. The molecule has 1 heterocycles. The Morgan fingerprint density at radius 3 is 2.89 bits per heavy atom. The first-order valence-corrected chi connectivity index (χ1v) is 9.45. The summed E-state index contributed by atoms with van der Waals surface area (Å²) in [7, 11) is 0. The van der Waals surface area contributed by atoms with Crippen molar-refractivity contribution in [3.8, 4) is 0 Å². The molecule has 2 saturated carbocycles. The van der Waals surface area contributed by atoms with Crippen molar-refractivity contribution < 1.29 is 4.74 Å². The molecule has 3 heteroatoms. The quantitative estimate of drug-likeness (QED) is 0.808. The summed E-state index contributed by atoms with van der Waals surface area (Å²) in [6.07, 6.45) is 9.13. The van der Waals surface area contributed by atoms with Crippen LogP contribution < -0.4 is 5.32 Å². The second-order valence-corrected chi connectivity index (χ2v) is 7.87. The van der Waals surface area contributed by atoms with Crippen LogP contribution in [0.1, 0.15) is 45.4 Å². The van der Waals surface area contributed by atoms with Crippen LogP contribution in [-0.2, 0) is 4.74 Å². The molecule has 2 bridgehead atoms. The Morgan fingerprint density at radius 2 is 2.26 bits per heavy atom. The van der Waals surface area contributed by atoms with Crippen molar-refractivity contribution in [2.75, 3.05) is 24.7 Å². The van der Waals surface area contributed by atoms with Crippen LogP contribution >= 0.6 is 11.8 Å². The largest absolute Gasteiger partial charge is 0.375 e. The highest BCUT2D eigenvalue weighted by molar-refractivity contribution is 7.99. The van der Waals surface area contributed by atoms with Gasteiger partial charge in [0, 0.05) is 17.5 Å². The van der Waals surface area contributed by atoms with E-state index in [-0.39, 0.29) is 0 Å². The molecule has 3 rings (SSSR count). The molecule has 19 heavy (non-hydrogen) atoms. The van der Waals surface area contributed by atoms with E-state index in [0.717, 1.165) is 30.9 Å². The Morgan fingerprint density at radius 1 is 1.32 bits per heavy atom. The van der Waals surface area contributed by atoms with Crippen molar-refractivity contribution in [2.24, 2.45) is 17.8 Å². The Kier molecular flexibility index (Phi) is 5.10. The van der Waals surface area contributed by atoms with Gasteiger partial charge in [-0.2, -0.15) is 11.8 Å². The summed E-state index contributed by atoms with van der Waals surface area (Å²) in [6, 6.07) is 0.608. The highest BCUT2D eigenvalue weighted by Crippen LogP contribution is 2.50. The number of hydrogen-bond donors (Lipinski definition) is 1. The van der Waals surface area contributed by atoms with Gasteiger partial charge in [-0.1, -0.05) is 13.3 Å². The summed E-state index contributed by atoms with van der Waals surface area (Å²) in [5.74, 6) is 5.49. The fraction of sp³-hybridized carbons (Fsp3) is 1.00. The van der Waals surface area contributed by atoms with Crippen LogP contribution in [0.3, 0.4) is 0 Å². The van der Waals surface area contributed by atoms with Crippen molar-refractivity contribution in [1.29, 1.82) is 0 Å². The SMILES string of the molecule is CCCNC(CC1CC2CCC1C2)C1CSCCO1. The molecule has 2 aliphatic carbocycles. The Bertz CT molecular complexity index is 280. The Balaban J connectivity index is 1.55. The molecular weight excluding hydrogens is 254 g/mol. The van der Waals surface area contributed by atoms with E-state index in [9.17, 15) is 0 Å². The fourth-order valence-corrected chi connectivity index (χ4v) is 5.37. The summed E-state index contributed by atoms with van der Waals surface area (Å²) < 4.78 is 6.04. The molecule has 1 N–H and O–H groups in total. The smallest absolute Gasteiger partial charge is 0.0818 e. The van der Waals surface area contributed by atoms with Gasteiger partial charge in [-0.15, -0.1) is 0 Å². The van der Waals surface area contributed by atoms with Crippen LogP contribution in [-0.4, -0.2) is 36.8 Å². The maximum absolute atomic E-state index is 6.04. The van der Waals surface area contributed by atoms with Crippen LogP contribution in [0.2, 0.25) is 0 Å². The maximum atomic E-state index is 6.04. The molecule has 110 valence electrons. The summed E-state index contributed by atoms with van der Waals surface area (Å²) >= 11 is 2.07. The summed E-state index contributed by atoms with van der Waals surface area (Å²) in [5.41, 5.74) is 0. The molecule has 3 aliphatic rings. The fourth-order valence-electron chi connectivity index (χ4n) is 4.43. The summed E-state index contributed by atoms with van der Waals surface area (Å²) in [6.45, 7) is 4.37. The number of nitrogens with one attached hydrogen (secondary N) is 1. The Hall–Kier alpha value is 0.270. The second-order valence-electron chi connectivity index (χ2n) is 6.72. The van der Waals surface area contributed by atoms with Crippen molar-refractivity contribution >= 4 is 11.8 Å². The minimum absolute atomic E-state index is 0.462. The van der Waals surface area contributed by atoms with E-state index in [1.54, 1.807) is 0 Å². The van der Waals surface area contributed by atoms with Crippen molar-refractivity contribution in [3.63, 3.8) is 0 Å². The molecule has 0 amide bonds. The number of hydrogen-bond acceptors (Lipinski definition) is 3. The monoisotopic (exact) mass is 283 g/mol. The number of ether oxygens (including phenoxy) is 1.